The van der Waals surface area contributed by atoms with Crippen molar-refractivity contribution in [2.24, 2.45) is 5.84 Å². The van der Waals surface area contributed by atoms with E-state index in [1.807, 2.05) is 6.07 Å². The molecule has 1 heterocycles. The second kappa shape index (κ2) is 5.97. The van der Waals surface area contributed by atoms with E-state index in [0.717, 1.165) is 37.8 Å². The molecule has 0 radical (unpaired) electrons. The van der Waals surface area contributed by atoms with Gasteiger partial charge in [-0.3, -0.25) is 25.8 Å². The van der Waals surface area contributed by atoms with Crippen LogP contribution in [0, 0.1) is 10.1 Å². The van der Waals surface area contributed by atoms with E-state index in [9.17, 15) is 10.1 Å². The van der Waals surface area contributed by atoms with Crippen LogP contribution < -0.4 is 11.3 Å². The van der Waals surface area contributed by atoms with E-state index in [1.54, 1.807) is 6.07 Å². The first-order chi connectivity index (χ1) is 10.2. The Balaban J connectivity index is 1.67. The summed E-state index contributed by atoms with van der Waals surface area (Å²) in [5, 5.41) is 11.0. The van der Waals surface area contributed by atoms with E-state index in [2.05, 4.69) is 15.2 Å². The smallest absolute Gasteiger partial charge is 0.293 e. The Morgan fingerprint density at radius 2 is 2.00 bits per heavy atom. The van der Waals surface area contributed by atoms with E-state index < -0.39 is 4.92 Å². The molecule has 3 rings (SSSR count). The Labute approximate surface area is 123 Å². The lowest BCUT2D eigenvalue weighted by molar-refractivity contribution is -0.384. The summed E-state index contributed by atoms with van der Waals surface area (Å²) >= 11 is 0. The zero-order valence-corrected chi connectivity index (χ0v) is 12.0. The number of nitrogens with zero attached hydrogens (tertiary/aromatic N) is 3. The van der Waals surface area contributed by atoms with Gasteiger partial charge in [-0.25, -0.2) is 0 Å². The third-order valence-corrected chi connectivity index (χ3v) is 4.33. The van der Waals surface area contributed by atoms with Crippen LogP contribution in [0.3, 0.4) is 0 Å². The Morgan fingerprint density at radius 1 is 1.29 bits per heavy atom. The third kappa shape index (κ3) is 3.15. The lowest BCUT2D eigenvalue weighted by Gasteiger charge is -2.35. The molecular formula is C14H21N5O2. The van der Waals surface area contributed by atoms with Crippen LogP contribution in [0.4, 0.5) is 11.4 Å². The molecule has 1 aromatic rings. The summed E-state index contributed by atoms with van der Waals surface area (Å²) in [6.07, 6.45) is 2.68. The van der Waals surface area contributed by atoms with Crippen LogP contribution in [-0.2, 0) is 6.54 Å². The average molecular weight is 291 g/mol. The molecule has 0 spiro atoms. The topological polar surface area (TPSA) is 87.7 Å². The molecule has 0 amide bonds. The molecule has 1 saturated heterocycles. The number of nitro groups is 1. The first-order valence-electron chi connectivity index (χ1n) is 7.38. The van der Waals surface area contributed by atoms with Crippen molar-refractivity contribution < 1.29 is 4.92 Å². The number of nitrogen functional groups attached to an aromatic ring is 1. The Hall–Kier alpha value is -1.70. The van der Waals surface area contributed by atoms with Crippen LogP contribution in [0.15, 0.2) is 18.2 Å². The predicted molar refractivity (Wildman–Crippen MR) is 80.8 cm³/mol. The fraction of sp³-hybridized carbons (Fsp3) is 0.571. The van der Waals surface area contributed by atoms with Gasteiger partial charge in [-0.05, 0) is 18.4 Å². The van der Waals surface area contributed by atoms with Crippen molar-refractivity contribution in [1.29, 1.82) is 0 Å². The standard InChI is InChI=1S/C14H21N5O2/c15-16-14-11(2-1-3-13(14)19(20)21)10-17-6-8-18(9-7-17)12-4-5-12/h1-3,12,16H,4-10,15H2. The van der Waals surface area contributed by atoms with Crippen LogP contribution in [-0.4, -0.2) is 46.9 Å². The lowest BCUT2D eigenvalue weighted by atomic mass is 10.1. The van der Waals surface area contributed by atoms with Gasteiger partial charge in [0, 0.05) is 44.8 Å². The minimum absolute atomic E-state index is 0.0339. The minimum atomic E-state index is -0.399. The van der Waals surface area contributed by atoms with Gasteiger partial charge in [-0.1, -0.05) is 12.1 Å². The van der Waals surface area contributed by atoms with E-state index in [-0.39, 0.29) is 5.69 Å². The summed E-state index contributed by atoms with van der Waals surface area (Å²) in [7, 11) is 0. The number of hydrogen-bond acceptors (Lipinski definition) is 6. The van der Waals surface area contributed by atoms with E-state index in [1.165, 1.54) is 18.9 Å². The normalized spacial score (nSPS) is 20.4. The molecule has 1 aliphatic heterocycles. The van der Waals surface area contributed by atoms with Gasteiger partial charge in [0.1, 0.15) is 5.69 Å². The highest BCUT2D eigenvalue weighted by atomic mass is 16.6. The summed E-state index contributed by atoms with van der Waals surface area (Å²) in [6, 6.07) is 5.90. The molecule has 0 aromatic heterocycles. The van der Waals surface area contributed by atoms with E-state index >= 15 is 0 Å². The summed E-state index contributed by atoms with van der Waals surface area (Å²) in [5.74, 6) is 5.48. The van der Waals surface area contributed by atoms with Gasteiger partial charge < -0.3 is 5.43 Å². The lowest BCUT2D eigenvalue weighted by Crippen LogP contribution is -2.46. The maximum absolute atomic E-state index is 11.0. The number of rotatable bonds is 5. The highest BCUT2D eigenvalue weighted by Gasteiger charge is 2.31. The number of hydrazine groups is 1. The van der Waals surface area contributed by atoms with Crippen LogP contribution in [0.25, 0.3) is 0 Å². The van der Waals surface area contributed by atoms with Crippen molar-refractivity contribution >= 4 is 11.4 Å². The second-order valence-electron chi connectivity index (χ2n) is 5.76. The van der Waals surface area contributed by atoms with Crippen LogP contribution in [0.2, 0.25) is 0 Å². The van der Waals surface area contributed by atoms with E-state index in [4.69, 9.17) is 5.84 Å². The molecule has 7 heteroatoms. The molecule has 2 fully saturated rings. The van der Waals surface area contributed by atoms with Gasteiger partial charge in [0.15, 0.2) is 0 Å². The Morgan fingerprint density at radius 3 is 2.57 bits per heavy atom. The van der Waals surface area contributed by atoms with Crippen LogP contribution >= 0.6 is 0 Å². The first kappa shape index (κ1) is 14.2. The number of nitrogens with two attached hydrogens (primary N) is 1. The van der Waals surface area contributed by atoms with Crippen molar-refractivity contribution in [3.63, 3.8) is 0 Å². The van der Waals surface area contributed by atoms with Gasteiger partial charge >= 0.3 is 0 Å². The number of hydrogen-bond donors (Lipinski definition) is 2. The average Bonchev–Trinajstić information content (AvgIpc) is 3.32. The molecule has 0 bridgehead atoms. The van der Waals surface area contributed by atoms with Crippen LogP contribution in [0.5, 0.6) is 0 Å². The molecule has 0 unspecified atom stereocenters. The Bertz CT molecular complexity index is 524. The number of anilines is 1. The number of nitrogens with one attached hydrogen (secondary N) is 1. The number of para-hydroxylation sites is 1. The van der Waals surface area contributed by atoms with Crippen molar-refractivity contribution in [3.8, 4) is 0 Å². The van der Waals surface area contributed by atoms with Crippen LogP contribution in [0.1, 0.15) is 18.4 Å². The molecular weight excluding hydrogens is 270 g/mol. The summed E-state index contributed by atoms with van der Waals surface area (Å²) in [5.41, 5.74) is 3.83. The highest BCUT2D eigenvalue weighted by molar-refractivity contribution is 5.65. The molecule has 7 nitrogen and oxygen atoms in total. The highest BCUT2D eigenvalue weighted by Crippen LogP contribution is 2.30. The zero-order valence-electron chi connectivity index (χ0n) is 12.0. The number of piperazine rings is 1. The SMILES string of the molecule is NNc1c(CN2CCN(C3CC3)CC2)cccc1[N+](=O)[O-]. The predicted octanol–water partition coefficient (Wildman–Crippen LogP) is 1.16. The molecule has 3 N–H and O–H groups in total. The van der Waals surface area contributed by atoms with Gasteiger partial charge in [0.25, 0.3) is 5.69 Å². The fourth-order valence-electron chi connectivity index (χ4n) is 3.00. The fourth-order valence-corrected chi connectivity index (χ4v) is 3.00. The van der Waals surface area contributed by atoms with E-state index in [0.29, 0.717) is 12.2 Å². The first-order valence-corrected chi connectivity index (χ1v) is 7.38. The van der Waals surface area contributed by atoms with Crippen molar-refractivity contribution in [2.75, 3.05) is 31.6 Å². The molecule has 0 atom stereocenters. The molecule has 2 aliphatic rings. The van der Waals surface area contributed by atoms with Gasteiger partial charge in [0.05, 0.1) is 4.92 Å². The largest absolute Gasteiger partial charge is 0.318 e. The van der Waals surface area contributed by atoms with Crippen molar-refractivity contribution in [3.05, 3.63) is 33.9 Å². The van der Waals surface area contributed by atoms with Gasteiger partial charge in [-0.2, -0.15) is 0 Å². The van der Waals surface area contributed by atoms with Gasteiger partial charge in [0.2, 0.25) is 0 Å². The number of nitro benzene ring substituents is 1. The molecule has 21 heavy (non-hydrogen) atoms. The molecule has 114 valence electrons. The summed E-state index contributed by atoms with van der Waals surface area (Å²) in [4.78, 5) is 15.5. The zero-order chi connectivity index (χ0) is 14.8. The Kier molecular flexibility index (Phi) is 4.05. The maximum Gasteiger partial charge on any atom is 0.293 e. The van der Waals surface area contributed by atoms with Crippen molar-refractivity contribution in [1.82, 2.24) is 9.80 Å². The molecule has 1 aromatic carbocycles. The van der Waals surface area contributed by atoms with Gasteiger partial charge in [-0.15, -0.1) is 0 Å². The minimum Gasteiger partial charge on any atom is -0.318 e. The summed E-state index contributed by atoms with van der Waals surface area (Å²) < 4.78 is 0. The number of benzene rings is 1. The molecule has 1 aliphatic carbocycles. The molecule has 1 saturated carbocycles. The maximum atomic E-state index is 11.0. The third-order valence-electron chi connectivity index (χ3n) is 4.33. The summed E-state index contributed by atoms with van der Waals surface area (Å²) in [6.45, 7) is 4.88. The monoisotopic (exact) mass is 291 g/mol. The second-order valence-corrected chi connectivity index (χ2v) is 5.76. The quantitative estimate of drug-likeness (QED) is 0.481. The van der Waals surface area contributed by atoms with Crippen molar-refractivity contribution in [2.45, 2.75) is 25.4 Å².